The van der Waals surface area contributed by atoms with E-state index in [1.165, 1.54) is 20.1 Å². The first-order valence-corrected chi connectivity index (χ1v) is 9.96. The molecule has 0 bridgehead atoms. The highest BCUT2D eigenvalue weighted by molar-refractivity contribution is 7.89. The van der Waals surface area contributed by atoms with Crippen molar-refractivity contribution >= 4 is 21.6 Å². The topological polar surface area (TPSA) is 93.7 Å². The molecule has 0 saturated carbocycles. The van der Waals surface area contributed by atoms with Crippen LogP contribution >= 0.6 is 0 Å². The van der Waals surface area contributed by atoms with Crippen LogP contribution in [-0.2, 0) is 14.8 Å². The highest BCUT2D eigenvalue weighted by atomic mass is 32.2. The second-order valence-electron chi connectivity index (χ2n) is 5.92. The van der Waals surface area contributed by atoms with Crippen LogP contribution in [-0.4, -0.2) is 34.1 Å². The number of ether oxygens (including phenoxy) is 2. The monoisotopic (exact) mass is 392 g/mol. The molecule has 0 heterocycles. The molecular formula is C19H24N2O5S. The van der Waals surface area contributed by atoms with E-state index >= 15 is 0 Å². The lowest BCUT2D eigenvalue weighted by Crippen LogP contribution is -2.41. The maximum absolute atomic E-state index is 12.7. The van der Waals surface area contributed by atoms with E-state index < -0.39 is 22.0 Å². The molecule has 2 rings (SSSR count). The number of carbonyl (C=O) groups excluding carboxylic acids is 1. The number of nitrogens with one attached hydrogen (secondary N) is 2. The van der Waals surface area contributed by atoms with Crippen LogP contribution in [0.5, 0.6) is 11.5 Å². The third-order valence-electron chi connectivity index (χ3n) is 3.78. The van der Waals surface area contributed by atoms with Crippen LogP contribution < -0.4 is 19.5 Å². The molecule has 0 unspecified atom stereocenters. The molecular weight excluding hydrogens is 368 g/mol. The zero-order valence-electron chi connectivity index (χ0n) is 15.8. The summed E-state index contributed by atoms with van der Waals surface area (Å²) >= 11 is 0. The minimum Gasteiger partial charge on any atom is -0.495 e. The molecule has 8 heteroatoms. The number of carbonyl (C=O) groups is 1. The van der Waals surface area contributed by atoms with E-state index in [1.807, 2.05) is 6.92 Å². The predicted molar refractivity (Wildman–Crippen MR) is 104 cm³/mol. The van der Waals surface area contributed by atoms with Gasteiger partial charge in [0.05, 0.1) is 25.4 Å². The van der Waals surface area contributed by atoms with Gasteiger partial charge in [0, 0.05) is 0 Å². The van der Waals surface area contributed by atoms with E-state index in [-0.39, 0.29) is 10.6 Å². The third kappa shape index (κ3) is 5.21. The number of benzene rings is 2. The first-order chi connectivity index (χ1) is 12.8. The standard InChI is InChI=1S/C19H24N2O5S/c1-5-26-16-9-7-6-8-15(16)20-19(22)14(3)21-27(23,24)18-12-13(2)10-11-17(18)25-4/h6-12,14,21H,5H2,1-4H3,(H,20,22)/t14-/m1/s1. The molecule has 146 valence electrons. The highest BCUT2D eigenvalue weighted by Gasteiger charge is 2.25. The molecule has 27 heavy (non-hydrogen) atoms. The molecule has 1 amide bonds. The number of amides is 1. The van der Waals surface area contributed by atoms with Crippen molar-refractivity contribution < 1.29 is 22.7 Å². The summed E-state index contributed by atoms with van der Waals surface area (Å²) in [5.74, 6) is 0.225. The lowest BCUT2D eigenvalue weighted by atomic mass is 10.2. The van der Waals surface area contributed by atoms with Crippen LogP contribution in [0.3, 0.4) is 0 Å². The molecule has 0 aromatic heterocycles. The van der Waals surface area contributed by atoms with Crippen LogP contribution in [0.4, 0.5) is 5.69 Å². The highest BCUT2D eigenvalue weighted by Crippen LogP contribution is 2.26. The zero-order chi connectivity index (χ0) is 20.0. The van der Waals surface area contributed by atoms with Gasteiger partial charge < -0.3 is 14.8 Å². The minimum absolute atomic E-state index is 0.0145. The largest absolute Gasteiger partial charge is 0.495 e. The van der Waals surface area contributed by atoms with Crippen LogP contribution in [0.1, 0.15) is 19.4 Å². The van der Waals surface area contributed by atoms with E-state index in [2.05, 4.69) is 10.0 Å². The molecule has 0 saturated heterocycles. The molecule has 2 N–H and O–H groups in total. The summed E-state index contributed by atoms with van der Waals surface area (Å²) in [4.78, 5) is 12.5. The summed E-state index contributed by atoms with van der Waals surface area (Å²) in [6.07, 6.45) is 0. The third-order valence-corrected chi connectivity index (χ3v) is 5.34. The Bertz CT molecular complexity index is 912. The normalized spacial score (nSPS) is 12.3. The number of hydrogen-bond acceptors (Lipinski definition) is 5. The molecule has 2 aromatic carbocycles. The molecule has 0 aliphatic heterocycles. The van der Waals surface area contributed by atoms with Crippen LogP contribution in [0.15, 0.2) is 47.4 Å². The fourth-order valence-corrected chi connectivity index (χ4v) is 3.89. The van der Waals surface area contributed by atoms with Gasteiger partial charge in [-0.25, -0.2) is 8.42 Å². The SMILES string of the molecule is CCOc1ccccc1NC(=O)[C@@H](C)NS(=O)(=O)c1cc(C)ccc1OC. The number of hydrogen-bond donors (Lipinski definition) is 2. The molecule has 0 radical (unpaired) electrons. The van der Waals surface area contributed by atoms with Gasteiger partial charge in [0.25, 0.3) is 0 Å². The van der Waals surface area contributed by atoms with Crippen LogP contribution in [0, 0.1) is 6.92 Å². The Kier molecular flexibility index (Phi) is 6.81. The number of methoxy groups -OCH3 is 1. The Hall–Kier alpha value is -2.58. The second kappa shape index (κ2) is 8.88. The first kappa shape index (κ1) is 20.7. The van der Waals surface area contributed by atoms with Crippen molar-refractivity contribution in [2.24, 2.45) is 0 Å². The maximum Gasteiger partial charge on any atom is 0.244 e. The van der Waals surface area contributed by atoms with E-state index in [0.717, 1.165) is 5.56 Å². The summed E-state index contributed by atoms with van der Waals surface area (Å²) < 4.78 is 38.4. The van der Waals surface area contributed by atoms with E-state index in [4.69, 9.17) is 9.47 Å². The molecule has 0 fully saturated rings. The average molecular weight is 392 g/mol. The van der Waals surface area contributed by atoms with Crippen molar-refractivity contribution in [2.45, 2.75) is 31.7 Å². The summed E-state index contributed by atoms with van der Waals surface area (Å²) in [6.45, 7) is 5.53. The Labute approximate surface area is 159 Å². The van der Waals surface area contributed by atoms with Crippen LogP contribution in [0.25, 0.3) is 0 Å². The number of sulfonamides is 1. The van der Waals surface area contributed by atoms with Gasteiger partial charge in [-0.15, -0.1) is 0 Å². The average Bonchev–Trinajstić information content (AvgIpc) is 2.63. The Morgan fingerprint density at radius 1 is 1.15 bits per heavy atom. The van der Waals surface area contributed by atoms with Gasteiger partial charge in [-0.3, -0.25) is 4.79 Å². The van der Waals surface area contributed by atoms with Gasteiger partial charge in [0.1, 0.15) is 16.4 Å². The molecule has 1 atom stereocenters. The molecule has 0 aliphatic rings. The van der Waals surface area contributed by atoms with Crippen molar-refractivity contribution in [3.63, 3.8) is 0 Å². The van der Waals surface area contributed by atoms with Gasteiger partial charge in [-0.1, -0.05) is 18.2 Å². The predicted octanol–water partition coefficient (Wildman–Crippen LogP) is 2.71. The van der Waals surface area contributed by atoms with Crippen LogP contribution in [0.2, 0.25) is 0 Å². The smallest absolute Gasteiger partial charge is 0.244 e. The number of para-hydroxylation sites is 2. The molecule has 0 spiro atoms. The van der Waals surface area contributed by atoms with Crippen molar-refractivity contribution in [1.29, 1.82) is 0 Å². The lowest BCUT2D eigenvalue weighted by molar-refractivity contribution is -0.117. The van der Waals surface area contributed by atoms with Gasteiger partial charge >= 0.3 is 0 Å². The summed E-state index contributed by atoms with van der Waals surface area (Å²) in [5.41, 5.74) is 1.24. The Balaban J connectivity index is 2.18. The molecule has 0 aliphatic carbocycles. The maximum atomic E-state index is 12.7. The van der Waals surface area contributed by atoms with Gasteiger partial charge in [0.2, 0.25) is 15.9 Å². The zero-order valence-corrected chi connectivity index (χ0v) is 16.6. The van der Waals surface area contributed by atoms with Gasteiger partial charge in [-0.2, -0.15) is 4.72 Å². The lowest BCUT2D eigenvalue weighted by Gasteiger charge is -2.17. The quantitative estimate of drug-likeness (QED) is 0.720. The number of aryl methyl sites for hydroxylation is 1. The number of anilines is 1. The van der Waals surface area contributed by atoms with E-state index in [9.17, 15) is 13.2 Å². The molecule has 2 aromatic rings. The Morgan fingerprint density at radius 2 is 1.85 bits per heavy atom. The minimum atomic E-state index is -3.95. The van der Waals surface area contributed by atoms with Crippen molar-refractivity contribution in [3.8, 4) is 11.5 Å². The fraction of sp³-hybridized carbons (Fsp3) is 0.316. The van der Waals surface area contributed by atoms with Crippen molar-refractivity contribution in [3.05, 3.63) is 48.0 Å². The first-order valence-electron chi connectivity index (χ1n) is 8.48. The van der Waals surface area contributed by atoms with Crippen molar-refractivity contribution in [1.82, 2.24) is 4.72 Å². The number of rotatable bonds is 8. The van der Waals surface area contributed by atoms with E-state index in [0.29, 0.717) is 18.0 Å². The van der Waals surface area contributed by atoms with Gasteiger partial charge in [-0.05, 0) is 50.6 Å². The van der Waals surface area contributed by atoms with Gasteiger partial charge in [0.15, 0.2) is 0 Å². The summed E-state index contributed by atoms with van der Waals surface area (Å²) in [6, 6.07) is 10.8. The Morgan fingerprint density at radius 3 is 2.52 bits per heavy atom. The molecule has 7 nitrogen and oxygen atoms in total. The fourth-order valence-electron chi connectivity index (χ4n) is 2.44. The van der Waals surface area contributed by atoms with Crippen molar-refractivity contribution in [2.75, 3.05) is 19.0 Å². The summed E-state index contributed by atoms with van der Waals surface area (Å²) in [7, 11) is -2.56. The van der Waals surface area contributed by atoms with E-state index in [1.54, 1.807) is 43.3 Å². The second-order valence-corrected chi connectivity index (χ2v) is 7.60. The summed E-state index contributed by atoms with van der Waals surface area (Å²) in [5, 5.41) is 2.69.